The molecular weight excluding hydrogens is 479 g/mol. The summed E-state index contributed by atoms with van der Waals surface area (Å²) in [6.07, 6.45) is -3.20. The molecular formula is C24H18F3N5O4. The molecule has 1 amide bonds. The molecule has 2 aromatic heterocycles. The van der Waals surface area contributed by atoms with E-state index < -0.39 is 22.7 Å². The molecule has 0 aliphatic heterocycles. The third-order valence-corrected chi connectivity index (χ3v) is 5.65. The molecule has 9 nitrogen and oxygen atoms in total. The number of para-hydroxylation sites is 1. The van der Waals surface area contributed by atoms with Crippen molar-refractivity contribution in [2.24, 2.45) is 0 Å². The summed E-state index contributed by atoms with van der Waals surface area (Å²) >= 11 is 0. The lowest BCUT2D eigenvalue weighted by atomic mass is 10.2. The molecule has 0 saturated heterocycles. The number of ether oxygens (including phenoxy) is 1. The Kier molecular flexibility index (Phi) is 5.58. The fourth-order valence-corrected chi connectivity index (χ4v) is 3.71. The number of alkyl halides is 3. The van der Waals surface area contributed by atoms with Gasteiger partial charge in [0.2, 0.25) is 0 Å². The Balaban J connectivity index is 1.47. The number of hydrogen-bond donors (Lipinski definition) is 1. The number of carbonyl (C=O) groups is 1. The van der Waals surface area contributed by atoms with Gasteiger partial charge < -0.3 is 10.1 Å². The SMILES string of the molecule is Cc1ccccc1Oc1cc(NC(=O)c2cc3nc(C4CC4)cc(C(F)(F)F)n3n2)cc([N+](=O)[O-])c1. The van der Waals surface area contributed by atoms with E-state index in [0.29, 0.717) is 16.0 Å². The summed E-state index contributed by atoms with van der Waals surface area (Å²) in [6, 6.07) is 12.8. The Hall–Kier alpha value is -4.48. The molecule has 2 aromatic carbocycles. The van der Waals surface area contributed by atoms with Crippen molar-refractivity contribution in [3.8, 4) is 11.5 Å². The monoisotopic (exact) mass is 497 g/mol. The molecule has 12 heteroatoms. The van der Waals surface area contributed by atoms with Gasteiger partial charge in [-0.05, 0) is 37.5 Å². The van der Waals surface area contributed by atoms with Crippen LogP contribution in [0.4, 0.5) is 24.5 Å². The number of benzene rings is 2. The number of fused-ring (bicyclic) bond motifs is 1. The average molecular weight is 497 g/mol. The topological polar surface area (TPSA) is 112 Å². The van der Waals surface area contributed by atoms with Gasteiger partial charge in [-0.1, -0.05) is 18.2 Å². The molecule has 0 unspecified atom stereocenters. The van der Waals surface area contributed by atoms with E-state index in [2.05, 4.69) is 15.4 Å². The average Bonchev–Trinajstić information content (AvgIpc) is 3.57. The summed E-state index contributed by atoms with van der Waals surface area (Å²) in [6.45, 7) is 1.80. The second kappa shape index (κ2) is 8.63. The second-order valence-electron chi connectivity index (χ2n) is 8.43. The molecule has 0 atom stereocenters. The zero-order valence-electron chi connectivity index (χ0n) is 18.7. The number of aryl methyl sites for hydroxylation is 1. The number of anilines is 1. The summed E-state index contributed by atoms with van der Waals surface area (Å²) < 4.78 is 47.3. The van der Waals surface area contributed by atoms with Crippen LogP contribution < -0.4 is 10.1 Å². The zero-order chi connectivity index (χ0) is 25.6. The first kappa shape index (κ1) is 23.3. The Morgan fingerprint density at radius 1 is 1.17 bits per heavy atom. The lowest BCUT2D eigenvalue weighted by Crippen LogP contribution is -2.16. The highest BCUT2D eigenvalue weighted by Crippen LogP contribution is 2.41. The van der Waals surface area contributed by atoms with E-state index >= 15 is 0 Å². The van der Waals surface area contributed by atoms with Gasteiger partial charge in [0.25, 0.3) is 11.6 Å². The molecule has 1 fully saturated rings. The number of hydrogen-bond acceptors (Lipinski definition) is 6. The van der Waals surface area contributed by atoms with E-state index in [0.717, 1.165) is 36.6 Å². The van der Waals surface area contributed by atoms with Gasteiger partial charge in [0.1, 0.15) is 17.2 Å². The molecule has 0 radical (unpaired) electrons. The molecule has 1 N–H and O–H groups in total. The molecule has 1 aliphatic rings. The number of rotatable bonds is 6. The van der Waals surface area contributed by atoms with Gasteiger partial charge in [0.05, 0.1) is 16.7 Å². The van der Waals surface area contributed by atoms with E-state index in [-0.39, 0.29) is 34.4 Å². The van der Waals surface area contributed by atoms with Crippen molar-refractivity contribution < 1.29 is 27.6 Å². The Labute approximate surface area is 201 Å². The van der Waals surface area contributed by atoms with Crippen LogP contribution >= 0.6 is 0 Å². The highest BCUT2D eigenvalue weighted by Gasteiger charge is 2.37. The summed E-state index contributed by atoms with van der Waals surface area (Å²) in [5.41, 5.74) is -0.707. The lowest BCUT2D eigenvalue weighted by Gasteiger charge is -2.11. The highest BCUT2D eigenvalue weighted by molar-refractivity contribution is 6.03. The van der Waals surface area contributed by atoms with Crippen LogP contribution in [0, 0.1) is 17.0 Å². The van der Waals surface area contributed by atoms with E-state index in [1.807, 2.05) is 6.07 Å². The van der Waals surface area contributed by atoms with Gasteiger partial charge in [-0.2, -0.15) is 18.3 Å². The maximum absolute atomic E-state index is 13.6. The second-order valence-corrected chi connectivity index (χ2v) is 8.43. The maximum atomic E-state index is 13.6. The number of nitro groups is 1. The summed E-state index contributed by atoms with van der Waals surface area (Å²) in [4.78, 5) is 27.9. The van der Waals surface area contributed by atoms with Crippen LogP contribution in [0.3, 0.4) is 0 Å². The first-order valence-corrected chi connectivity index (χ1v) is 10.9. The quantitative estimate of drug-likeness (QED) is 0.263. The van der Waals surface area contributed by atoms with Gasteiger partial charge in [-0.3, -0.25) is 14.9 Å². The van der Waals surface area contributed by atoms with Crippen LogP contribution in [0.1, 0.15) is 46.2 Å². The van der Waals surface area contributed by atoms with Crippen molar-refractivity contribution in [3.63, 3.8) is 0 Å². The standard InChI is InChI=1S/C24H18F3N5O4/c1-13-4-2-3-5-20(13)36-17-9-15(8-16(10-17)32(34)35)28-23(33)19-12-22-29-18(14-6-7-14)11-21(24(25,26)27)31(22)30-19/h2-5,8-12,14H,6-7H2,1H3,(H,28,33). The fraction of sp³-hybridized carbons (Fsp3) is 0.208. The third kappa shape index (κ3) is 4.69. The van der Waals surface area contributed by atoms with E-state index in [1.165, 1.54) is 12.1 Å². The maximum Gasteiger partial charge on any atom is 0.433 e. The van der Waals surface area contributed by atoms with E-state index in [4.69, 9.17) is 4.74 Å². The molecule has 2 heterocycles. The number of non-ortho nitro benzene ring substituents is 1. The van der Waals surface area contributed by atoms with Crippen molar-refractivity contribution in [3.05, 3.63) is 87.4 Å². The number of aromatic nitrogens is 3. The number of nitro benzene ring substituents is 1. The summed E-state index contributed by atoms with van der Waals surface area (Å²) in [7, 11) is 0. The van der Waals surface area contributed by atoms with Crippen molar-refractivity contribution in [1.29, 1.82) is 0 Å². The number of halogens is 3. The minimum Gasteiger partial charge on any atom is -0.457 e. The number of nitrogens with zero attached hydrogens (tertiary/aromatic N) is 4. The summed E-state index contributed by atoms with van der Waals surface area (Å²) in [5, 5.41) is 17.7. The fourth-order valence-electron chi connectivity index (χ4n) is 3.71. The number of nitrogens with one attached hydrogen (secondary N) is 1. The van der Waals surface area contributed by atoms with E-state index in [9.17, 15) is 28.1 Å². The number of amides is 1. The number of carbonyl (C=O) groups excluding carboxylic acids is 1. The van der Waals surface area contributed by atoms with Gasteiger partial charge in [-0.15, -0.1) is 0 Å². The van der Waals surface area contributed by atoms with Crippen molar-refractivity contribution in [1.82, 2.24) is 14.6 Å². The normalized spacial score (nSPS) is 13.6. The summed E-state index contributed by atoms with van der Waals surface area (Å²) in [5.74, 6) is -0.337. The highest BCUT2D eigenvalue weighted by atomic mass is 19.4. The van der Waals surface area contributed by atoms with E-state index in [1.54, 1.807) is 25.1 Å². The van der Waals surface area contributed by atoms with Gasteiger partial charge in [-0.25, -0.2) is 9.50 Å². The van der Waals surface area contributed by atoms with Gasteiger partial charge >= 0.3 is 6.18 Å². The minimum absolute atomic E-state index is 0.0116. The molecule has 184 valence electrons. The van der Waals surface area contributed by atoms with Gasteiger partial charge in [0.15, 0.2) is 11.3 Å². The first-order chi connectivity index (χ1) is 17.1. The zero-order valence-corrected chi connectivity index (χ0v) is 18.7. The first-order valence-electron chi connectivity index (χ1n) is 10.9. The van der Waals surface area contributed by atoms with Crippen molar-refractivity contribution in [2.45, 2.75) is 31.9 Å². The van der Waals surface area contributed by atoms with Crippen LogP contribution in [-0.2, 0) is 6.18 Å². The predicted molar refractivity (Wildman–Crippen MR) is 122 cm³/mol. The smallest absolute Gasteiger partial charge is 0.433 e. The molecule has 36 heavy (non-hydrogen) atoms. The molecule has 5 rings (SSSR count). The van der Waals surface area contributed by atoms with Crippen molar-refractivity contribution >= 4 is 22.9 Å². The minimum atomic E-state index is -4.70. The Morgan fingerprint density at radius 2 is 1.92 bits per heavy atom. The largest absolute Gasteiger partial charge is 0.457 e. The predicted octanol–water partition coefficient (Wildman–Crippen LogP) is 5.89. The molecule has 1 aliphatic carbocycles. The Bertz CT molecular complexity index is 1510. The Morgan fingerprint density at radius 3 is 2.58 bits per heavy atom. The molecule has 0 spiro atoms. The van der Waals surface area contributed by atoms with Gasteiger partial charge in [0, 0.05) is 29.8 Å². The van der Waals surface area contributed by atoms with Crippen LogP contribution in [-0.4, -0.2) is 25.4 Å². The van der Waals surface area contributed by atoms with Crippen LogP contribution in [0.15, 0.2) is 54.6 Å². The van der Waals surface area contributed by atoms with Crippen molar-refractivity contribution in [2.75, 3.05) is 5.32 Å². The third-order valence-electron chi connectivity index (χ3n) is 5.65. The molecule has 4 aromatic rings. The lowest BCUT2D eigenvalue weighted by molar-refractivity contribution is -0.384. The van der Waals surface area contributed by atoms with Crippen LogP contribution in [0.5, 0.6) is 11.5 Å². The van der Waals surface area contributed by atoms with Crippen LogP contribution in [0.2, 0.25) is 0 Å². The molecule has 1 saturated carbocycles. The molecule has 0 bridgehead atoms. The van der Waals surface area contributed by atoms with Crippen LogP contribution in [0.25, 0.3) is 5.65 Å².